The molecule has 0 aromatic carbocycles. The summed E-state index contributed by atoms with van der Waals surface area (Å²) in [7, 11) is 0. The third kappa shape index (κ3) is 3.66. The molecule has 0 spiro atoms. The lowest BCUT2D eigenvalue weighted by Crippen LogP contribution is -2.46. The average molecular weight is 195 g/mol. The van der Waals surface area contributed by atoms with Crippen molar-refractivity contribution in [3.63, 3.8) is 0 Å². The number of oxime groups is 1. The van der Waals surface area contributed by atoms with Gasteiger partial charge < -0.3 is 30.7 Å². The van der Waals surface area contributed by atoms with Crippen molar-refractivity contribution in [3.8, 4) is 0 Å². The van der Waals surface area contributed by atoms with E-state index in [1.807, 2.05) is 0 Å². The first-order chi connectivity index (χ1) is 6.04. The zero-order valence-electron chi connectivity index (χ0n) is 6.72. The Bertz CT molecular complexity index is 163. The Morgan fingerprint density at radius 2 is 1.62 bits per heavy atom. The first-order valence-corrected chi connectivity index (χ1v) is 3.55. The van der Waals surface area contributed by atoms with Crippen LogP contribution in [0.5, 0.6) is 0 Å². The Hall–Kier alpha value is -0.730. The van der Waals surface area contributed by atoms with Gasteiger partial charge in [0.25, 0.3) is 0 Å². The molecule has 4 atom stereocenters. The van der Waals surface area contributed by atoms with Crippen LogP contribution in [0.4, 0.5) is 0 Å². The second-order valence-corrected chi connectivity index (χ2v) is 2.49. The quantitative estimate of drug-likeness (QED) is 0.156. The fourth-order valence-electron chi connectivity index (χ4n) is 0.694. The second kappa shape index (κ2) is 5.84. The highest BCUT2D eigenvalue weighted by Crippen LogP contribution is 2.03. The largest absolute Gasteiger partial charge is 0.411 e. The molecule has 6 N–H and O–H groups in total. The maximum atomic E-state index is 9.05. The Labute approximate surface area is 74.2 Å². The zero-order valence-corrected chi connectivity index (χ0v) is 6.72. The van der Waals surface area contributed by atoms with Crippen LogP contribution in [-0.4, -0.2) is 68.0 Å². The summed E-state index contributed by atoms with van der Waals surface area (Å²) in [5.41, 5.74) is 0. The van der Waals surface area contributed by atoms with E-state index in [0.717, 1.165) is 0 Å². The SMILES string of the molecule is OC[C@@H](O)[C@@H](O)[C@H](O)[C@H](O)C=NO. The van der Waals surface area contributed by atoms with E-state index in [-0.39, 0.29) is 0 Å². The van der Waals surface area contributed by atoms with Crippen LogP contribution in [0.25, 0.3) is 0 Å². The smallest absolute Gasteiger partial charge is 0.121 e. The molecule has 0 rings (SSSR count). The van der Waals surface area contributed by atoms with Crippen molar-refractivity contribution in [2.24, 2.45) is 5.16 Å². The van der Waals surface area contributed by atoms with E-state index in [1.165, 1.54) is 0 Å². The molecule has 0 saturated carbocycles. The summed E-state index contributed by atoms with van der Waals surface area (Å²) in [4.78, 5) is 0. The molecule has 0 amide bonds. The summed E-state index contributed by atoms with van der Waals surface area (Å²) >= 11 is 0. The van der Waals surface area contributed by atoms with Crippen LogP contribution in [-0.2, 0) is 0 Å². The highest BCUT2D eigenvalue weighted by atomic mass is 16.4. The van der Waals surface area contributed by atoms with Crippen molar-refractivity contribution in [3.05, 3.63) is 0 Å². The molecule has 0 heterocycles. The monoisotopic (exact) mass is 195 g/mol. The molecular weight excluding hydrogens is 182 g/mol. The summed E-state index contributed by atoms with van der Waals surface area (Å²) in [5, 5.41) is 54.6. The maximum Gasteiger partial charge on any atom is 0.121 e. The van der Waals surface area contributed by atoms with Gasteiger partial charge in [0.15, 0.2) is 0 Å². The van der Waals surface area contributed by atoms with Gasteiger partial charge in [-0.3, -0.25) is 0 Å². The van der Waals surface area contributed by atoms with Gasteiger partial charge in [0.1, 0.15) is 24.4 Å². The number of aliphatic hydroxyl groups is 5. The standard InChI is InChI=1S/C6H13NO6/c8-2-4(10)6(12)5(11)3(9)1-7-13/h1,3-6,8-13H,2H2/t3-,4-,5-,6-/m1/s1. The lowest BCUT2D eigenvalue weighted by molar-refractivity contribution is -0.100. The summed E-state index contributed by atoms with van der Waals surface area (Å²) in [6, 6.07) is 0. The molecule has 0 unspecified atom stereocenters. The zero-order chi connectivity index (χ0) is 10.4. The van der Waals surface area contributed by atoms with Gasteiger partial charge in [-0.1, -0.05) is 5.16 Å². The molecule has 13 heavy (non-hydrogen) atoms. The highest BCUT2D eigenvalue weighted by molar-refractivity contribution is 5.62. The minimum atomic E-state index is -1.72. The molecule has 0 aliphatic rings. The topological polar surface area (TPSA) is 134 Å². The van der Waals surface area contributed by atoms with Crippen molar-refractivity contribution >= 4 is 6.21 Å². The number of aliphatic hydroxyl groups excluding tert-OH is 5. The van der Waals surface area contributed by atoms with E-state index >= 15 is 0 Å². The second-order valence-electron chi connectivity index (χ2n) is 2.49. The van der Waals surface area contributed by atoms with Crippen LogP contribution in [0.1, 0.15) is 0 Å². The van der Waals surface area contributed by atoms with E-state index in [0.29, 0.717) is 6.21 Å². The van der Waals surface area contributed by atoms with Gasteiger partial charge >= 0.3 is 0 Å². The van der Waals surface area contributed by atoms with Crippen LogP contribution in [0.2, 0.25) is 0 Å². The predicted octanol–water partition coefficient (Wildman–Crippen LogP) is -3.12. The van der Waals surface area contributed by atoms with Crippen LogP contribution >= 0.6 is 0 Å². The maximum absolute atomic E-state index is 9.05. The van der Waals surface area contributed by atoms with Gasteiger partial charge in [0.05, 0.1) is 12.8 Å². The van der Waals surface area contributed by atoms with Crippen LogP contribution in [0, 0.1) is 0 Å². The minimum Gasteiger partial charge on any atom is -0.411 e. The first kappa shape index (κ1) is 12.3. The van der Waals surface area contributed by atoms with Gasteiger partial charge in [0.2, 0.25) is 0 Å². The highest BCUT2D eigenvalue weighted by Gasteiger charge is 2.29. The molecule has 0 aliphatic heterocycles. The van der Waals surface area contributed by atoms with Gasteiger partial charge in [-0.2, -0.15) is 0 Å². The molecule has 0 aromatic heterocycles. The molecule has 0 aromatic rings. The van der Waals surface area contributed by atoms with Gasteiger partial charge in [-0.05, 0) is 0 Å². The lowest BCUT2D eigenvalue weighted by Gasteiger charge is -2.23. The molecule has 0 aliphatic carbocycles. The molecule has 78 valence electrons. The summed E-state index contributed by atoms with van der Waals surface area (Å²) in [6.07, 6.45) is -6.02. The lowest BCUT2D eigenvalue weighted by atomic mass is 10.0. The molecular formula is C6H13NO6. The van der Waals surface area contributed by atoms with Gasteiger partial charge in [-0.25, -0.2) is 0 Å². The minimum absolute atomic E-state index is 0.581. The van der Waals surface area contributed by atoms with E-state index in [2.05, 4.69) is 5.16 Å². The van der Waals surface area contributed by atoms with Crippen LogP contribution < -0.4 is 0 Å². The predicted molar refractivity (Wildman–Crippen MR) is 41.4 cm³/mol. The van der Waals surface area contributed by atoms with Crippen molar-refractivity contribution in [1.29, 1.82) is 0 Å². The van der Waals surface area contributed by atoms with E-state index < -0.39 is 31.0 Å². The third-order valence-electron chi connectivity index (χ3n) is 1.50. The first-order valence-electron chi connectivity index (χ1n) is 3.55. The Balaban J connectivity index is 4.15. The van der Waals surface area contributed by atoms with Crippen molar-refractivity contribution in [2.45, 2.75) is 24.4 Å². The van der Waals surface area contributed by atoms with Gasteiger partial charge in [0, 0.05) is 0 Å². The molecule has 7 heteroatoms. The van der Waals surface area contributed by atoms with E-state index in [1.54, 1.807) is 0 Å². The van der Waals surface area contributed by atoms with E-state index in [4.69, 9.17) is 30.7 Å². The summed E-state index contributed by atoms with van der Waals surface area (Å²) in [6.45, 7) is -0.749. The van der Waals surface area contributed by atoms with Crippen LogP contribution in [0.3, 0.4) is 0 Å². The van der Waals surface area contributed by atoms with Crippen molar-refractivity contribution in [2.75, 3.05) is 6.61 Å². The van der Waals surface area contributed by atoms with Crippen molar-refractivity contribution < 1.29 is 30.7 Å². The number of nitrogens with zero attached hydrogens (tertiary/aromatic N) is 1. The Kier molecular flexibility index (Phi) is 5.51. The van der Waals surface area contributed by atoms with E-state index in [9.17, 15) is 0 Å². The number of rotatable bonds is 5. The molecule has 0 fully saturated rings. The molecule has 0 radical (unpaired) electrons. The van der Waals surface area contributed by atoms with Gasteiger partial charge in [-0.15, -0.1) is 0 Å². The Morgan fingerprint density at radius 3 is 2.00 bits per heavy atom. The normalized spacial score (nSPS) is 21.3. The number of hydrogen-bond donors (Lipinski definition) is 6. The molecule has 0 bridgehead atoms. The molecule has 0 saturated heterocycles. The average Bonchev–Trinajstić information content (AvgIpc) is 2.14. The molecule has 7 nitrogen and oxygen atoms in total. The van der Waals surface area contributed by atoms with Crippen LogP contribution in [0.15, 0.2) is 5.16 Å². The van der Waals surface area contributed by atoms with Crippen molar-refractivity contribution in [1.82, 2.24) is 0 Å². The Morgan fingerprint density at radius 1 is 1.08 bits per heavy atom. The fourth-order valence-corrected chi connectivity index (χ4v) is 0.694. The summed E-state index contributed by atoms with van der Waals surface area (Å²) in [5.74, 6) is 0. The third-order valence-corrected chi connectivity index (χ3v) is 1.50. The fraction of sp³-hybridized carbons (Fsp3) is 0.833. The summed E-state index contributed by atoms with van der Waals surface area (Å²) < 4.78 is 0. The number of hydrogen-bond acceptors (Lipinski definition) is 7.